The number of nitrogens with zero attached hydrogens (tertiary/aromatic N) is 2. The lowest BCUT2D eigenvalue weighted by molar-refractivity contribution is -0.129. The first-order valence-corrected chi connectivity index (χ1v) is 13.0. The lowest BCUT2D eigenvalue weighted by Gasteiger charge is -2.28. The Morgan fingerprint density at radius 1 is 0.778 bits per heavy atom. The van der Waals surface area contributed by atoms with Crippen LogP contribution in [0.2, 0.25) is 0 Å². The van der Waals surface area contributed by atoms with Crippen LogP contribution in [0, 0.1) is 5.92 Å². The lowest BCUT2D eigenvalue weighted by atomic mass is 9.81. The van der Waals surface area contributed by atoms with Crippen molar-refractivity contribution in [1.82, 2.24) is 0 Å². The largest absolute Gasteiger partial charge is 0.378 e. The molecule has 1 atom stereocenters. The third-order valence-electron chi connectivity index (χ3n) is 7.23. The van der Waals surface area contributed by atoms with E-state index < -0.39 is 5.92 Å². The predicted octanol–water partition coefficient (Wildman–Crippen LogP) is 4.39. The summed E-state index contributed by atoms with van der Waals surface area (Å²) < 4.78 is 10.8. The molecular formula is C30H34N2O4. The molecule has 2 saturated heterocycles. The van der Waals surface area contributed by atoms with E-state index >= 15 is 0 Å². The topological polar surface area (TPSA) is 59.1 Å². The molecule has 0 amide bonds. The van der Waals surface area contributed by atoms with E-state index in [-0.39, 0.29) is 11.6 Å². The molecule has 6 nitrogen and oxygen atoms in total. The molecule has 0 bridgehead atoms. The van der Waals surface area contributed by atoms with Crippen molar-refractivity contribution in [2.45, 2.75) is 19.3 Å². The van der Waals surface area contributed by atoms with Crippen LogP contribution in [0.1, 0.15) is 30.4 Å². The van der Waals surface area contributed by atoms with Gasteiger partial charge in [0.25, 0.3) is 0 Å². The molecule has 0 aromatic heterocycles. The maximum atomic E-state index is 13.2. The number of hydrogen-bond donors (Lipinski definition) is 0. The van der Waals surface area contributed by atoms with Crippen LogP contribution in [0.5, 0.6) is 0 Å². The Hall–Kier alpha value is -3.22. The van der Waals surface area contributed by atoms with Crippen molar-refractivity contribution in [1.29, 1.82) is 0 Å². The minimum Gasteiger partial charge on any atom is -0.378 e. The zero-order valence-electron chi connectivity index (χ0n) is 20.7. The number of allylic oxidation sites excluding steroid dienone is 2. The number of hydrogen-bond acceptors (Lipinski definition) is 6. The first-order valence-electron chi connectivity index (χ1n) is 13.0. The first-order chi connectivity index (χ1) is 17.7. The second-order valence-electron chi connectivity index (χ2n) is 9.60. The fourth-order valence-corrected chi connectivity index (χ4v) is 5.11. The number of morpholine rings is 2. The molecule has 3 fully saturated rings. The third kappa shape index (κ3) is 5.94. The molecule has 3 aliphatic rings. The Labute approximate surface area is 213 Å². The molecular weight excluding hydrogens is 452 g/mol. The van der Waals surface area contributed by atoms with Crippen LogP contribution in [0.25, 0.3) is 12.2 Å². The Morgan fingerprint density at radius 2 is 1.31 bits per heavy atom. The van der Waals surface area contributed by atoms with E-state index in [1.54, 1.807) is 6.08 Å². The standard InChI is InChI=1S/C30H34N2O4/c33-29(13-8-23-4-9-26(10-5-23)31-14-18-35-19-15-31)28-3-1-2-25(30(28)34)22-24-6-11-27(12-7-24)32-16-20-36-21-17-32/h4-13,22,28H,1-3,14-21H2. The molecule has 5 rings (SSSR count). The van der Waals surface area contributed by atoms with Gasteiger partial charge < -0.3 is 19.3 Å². The van der Waals surface area contributed by atoms with Crippen LogP contribution in [0.3, 0.4) is 0 Å². The first kappa shape index (κ1) is 24.5. The zero-order chi connectivity index (χ0) is 24.7. The number of carbonyl (C=O) groups excluding carboxylic acids is 2. The van der Waals surface area contributed by atoms with Crippen molar-refractivity contribution < 1.29 is 19.1 Å². The van der Waals surface area contributed by atoms with Crippen LogP contribution in [0.4, 0.5) is 11.4 Å². The molecule has 0 radical (unpaired) electrons. The highest BCUT2D eigenvalue weighted by atomic mass is 16.5. The minimum absolute atomic E-state index is 0.0316. The van der Waals surface area contributed by atoms with Crippen molar-refractivity contribution in [3.05, 3.63) is 71.3 Å². The fourth-order valence-electron chi connectivity index (χ4n) is 5.11. The second-order valence-corrected chi connectivity index (χ2v) is 9.60. The van der Waals surface area contributed by atoms with Gasteiger partial charge in [-0.15, -0.1) is 0 Å². The van der Waals surface area contributed by atoms with Crippen LogP contribution in [0.15, 0.2) is 60.2 Å². The van der Waals surface area contributed by atoms with Gasteiger partial charge in [-0.05, 0) is 72.4 Å². The van der Waals surface area contributed by atoms with E-state index in [9.17, 15) is 9.59 Å². The Bertz CT molecular complexity index is 1110. The number of ketones is 2. The molecule has 188 valence electrons. The highest BCUT2D eigenvalue weighted by molar-refractivity contribution is 6.16. The van der Waals surface area contributed by atoms with Gasteiger partial charge in [0.1, 0.15) is 0 Å². The van der Waals surface area contributed by atoms with Crippen LogP contribution in [-0.2, 0) is 19.1 Å². The number of benzene rings is 2. The average Bonchev–Trinajstić information content (AvgIpc) is 2.94. The molecule has 2 aromatic rings. The summed E-state index contributed by atoms with van der Waals surface area (Å²) in [6.45, 7) is 6.59. The van der Waals surface area contributed by atoms with Gasteiger partial charge in [0.15, 0.2) is 11.6 Å². The van der Waals surface area contributed by atoms with Crippen LogP contribution < -0.4 is 9.80 Å². The molecule has 6 heteroatoms. The zero-order valence-corrected chi connectivity index (χ0v) is 20.7. The highest BCUT2D eigenvalue weighted by Gasteiger charge is 2.30. The van der Waals surface area contributed by atoms with Crippen LogP contribution >= 0.6 is 0 Å². The summed E-state index contributed by atoms with van der Waals surface area (Å²) in [5.41, 5.74) is 5.05. The number of ether oxygens (including phenoxy) is 2. The Kier molecular flexibility index (Phi) is 7.94. The van der Waals surface area contributed by atoms with Crippen molar-refractivity contribution in [3.63, 3.8) is 0 Å². The second kappa shape index (κ2) is 11.7. The van der Waals surface area contributed by atoms with Crippen LogP contribution in [-0.4, -0.2) is 64.2 Å². The number of rotatable bonds is 6. The molecule has 1 unspecified atom stereocenters. The summed E-state index contributed by atoms with van der Waals surface area (Å²) in [7, 11) is 0. The summed E-state index contributed by atoms with van der Waals surface area (Å²) in [6, 6.07) is 16.5. The number of Topliss-reactive ketones (excluding diaryl/α,β-unsaturated/α-hetero) is 1. The normalized spacial score (nSPS) is 22.4. The van der Waals surface area contributed by atoms with Gasteiger partial charge in [-0.2, -0.15) is 0 Å². The van der Waals surface area contributed by atoms with E-state index in [2.05, 4.69) is 46.2 Å². The van der Waals surface area contributed by atoms with E-state index in [0.717, 1.165) is 87.8 Å². The predicted molar refractivity (Wildman–Crippen MR) is 143 cm³/mol. The van der Waals surface area contributed by atoms with Gasteiger partial charge in [0.2, 0.25) is 0 Å². The molecule has 1 aliphatic carbocycles. The summed E-state index contributed by atoms with van der Waals surface area (Å²) in [4.78, 5) is 30.7. The lowest BCUT2D eigenvalue weighted by Crippen LogP contribution is -2.36. The molecule has 36 heavy (non-hydrogen) atoms. The van der Waals surface area contributed by atoms with Gasteiger partial charge in [-0.25, -0.2) is 0 Å². The summed E-state index contributed by atoms with van der Waals surface area (Å²) in [6.07, 6.45) is 7.54. The van der Waals surface area contributed by atoms with E-state index in [1.165, 1.54) is 5.69 Å². The molecule has 2 aliphatic heterocycles. The highest BCUT2D eigenvalue weighted by Crippen LogP contribution is 2.29. The van der Waals surface area contributed by atoms with Crippen molar-refractivity contribution in [2.24, 2.45) is 5.92 Å². The van der Waals surface area contributed by atoms with E-state index in [1.807, 2.05) is 24.3 Å². The molecule has 0 N–H and O–H groups in total. The summed E-state index contributed by atoms with van der Waals surface area (Å²) in [5, 5.41) is 0. The maximum Gasteiger partial charge on any atom is 0.169 e. The van der Waals surface area contributed by atoms with Crippen molar-refractivity contribution in [2.75, 3.05) is 62.4 Å². The maximum absolute atomic E-state index is 13.2. The molecule has 0 spiro atoms. The SMILES string of the molecule is O=C(C=Cc1ccc(N2CCOCC2)cc1)C1CCCC(=Cc2ccc(N3CCOCC3)cc2)C1=O. The van der Waals surface area contributed by atoms with Gasteiger partial charge in [-0.3, -0.25) is 9.59 Å². The fraction of sp³-hybridized carbons (Fsp3) is 0.400. The third-order valence-corrected chi connectivity index (χ3v) is 7.23. The van der Waals surface area contributed by atoms with E-state index in [0.29, 0.717) is 6.42 Å². The number of anilines is 2. The molecule has 2 aromatic carbocycles. The number of carbonyl (C=O) groups is 2. The molecule has 2 heterocycles. The smallest absolute Gasteiger partial charge is 0.169 e. The van der Waals surface area contributed by atoms with E-state index in [4.69, 9.17) is 9.47 Å². The Morgan fingerprint density at radius 3 is 1.86 bits per heavy atom. The monoisotopic (exact) mass is 486 g/mol. The molecule has 1 saturated carbocycles. The van der Waals surface area contributed by atoms with Crippen molar-refractivity contribution in [3.8, 4) is 0 Å². The Balaban J connectivity index is 1.20. The summed E-state index contributed by atoms with van der Waals surface area (Å²) >= 11 is 0. The van der Waals surface area contributed by atoms with Gasteiger partial charge >= 0.3 is 0 Å². The average molecular weight is 487 g/mol. The minimum atomic E-state index is -0.582. The summed E-state index contributed by atoms with van der Waals surface area (Å²) in [5.74, 6) is -0.720. The van der Waals surface area contributed by atoms with Gasteiger partial charge in [-0.1, -0.05) is 30.3 Å². The van der Waals surface area contributed by atoms with Gasteiger partial charge in [0, 0.05) is 37.6 Å². The quantitative estimate of drug-likeness (QED) is 0.446. The van der Waals surface area contributed by atoms with Crippen molar-refractivity contribution >= 4 is 35.1 Å². The van der Waals surface area contributed by atoms with Gasteiger partial charge in [0.05, 0.1) is 32.3 Å².